The van der Waals surface area contributed by atoms with Crippen LogP contribution in [0.2, 0.25) is 0 Å². The molecule has 1 unspecified atom stereocenters. The van der Waals surface area contributed by atoms with Gasteiger partial charge in [-0.05, 0) is 20.8 Å². The number of hydrogen-bond donors (Lipinski definition) is 0. The van der Waals surface area contributed by atoms with Crippen molar-refractivity contribution in [3.05, 3.63) is 0 Å². The van der Waals surface area contributed by atoms with Gasteiger partial charge in [-0.15, -0.1) is 0 Å². The molecule has 0 aliphatic heterocycles. The number of alkyl halides is 5. The molecule has 0 aliphatic rings. The predicted molar refractivity (Wildman–Crippen MR) is 61.1 cm³/mol. The minimum absolute atomic E-state index is 0.0580. The molecular weight excluding hydrogens is 291 g/mol. The predicted octanol–water partition coefficient (Wildman–Crippen LogP) is 3.20. The zero-order chi connectivity index (χ0) is 15.5. The quantitative estimate of drug-likeness (QED) is 0.509. The van der Waals surface area contributed by atoms with Crippen molar-refractivity contribution in [2.24, 2.45) is 0 Å². The van der Waals surface area contributed by atoms with Crippen LogP contribution >= 0.6 is 0 Å². The van der Waals surface area contributed by atoms with Crippen molar-refractivity contribution in [1.29, 1.82) is 0 Å². The van der Waals surface area contributed by atoms with Gasteiger partial charge in [-0.2, -0.15) is 8.78 Å². The van der Waals surface area contributed by atoms with Crippen molar-refractivity contribution in [1.82, 2.24) is 0 Å². The highest BCUT2D eigenvalue weighted by molar-refractivity contribution is 6.64. The first-order valence-corrected chi connectivity index (χ1v) is 7.43. The summed E-state index contributed by atoms with van der Waals surface area (Å²) in [5.74, 6) is -9.58. The van der Waals surface area contributed by atoms with Crippen LogP contribution in [0.3, 0.4) is 0 Å². The molecule has 0 fully saturated rings. The molecule has 0 rings (SSSR count). The van der Waals surface area contributed by atoms with Gasteiger partial charge < -0.3 is 13.3 Å². The van der Waals surface area contributed by atoms with Crippen LogP contribution in [0.25, 0.3) is 0 Å². The van der Waals surface area contributed by atoms with Crippen molar-refractivity contribution < 1.29 is 35.2 Å². The molecule has 116 valence electrons. The summed E-state index contributed by atoms with van der Waals surface area (Å²) in [6.07, 6.45) is 0. The van der Waals surface area contributed by atoms with Gasteiger partial charge in [0.2, 0.25) is 5.29 Å². The molecule has 0 aromatic rings. The Bertz CT molecular complexity index is 287. The molecule has 0 aliphatic carbocycles. The first-order valence-electron chi connectivity index (χ1n) is 5.71. The van der Waals surface area contributed by atoms with E-state index in [4.69, 9.17) is 8.85 Å². The Morgan fingerprint density at radius 3 is 1.47 bits per heavy atom. The van der Waals surface area contributed by atoms with Crippen molar-refractivity contribution in [2.75, 3.05) is 20.3 Å². The van der Waals surface area contributed by atoms with E-state index < -0.39 is 25.9 Å². The summed E-state index contributed by atoms with van der Waals surface area (Å²) in [6, 6.07) is 0. The smallest absolute Gasteiger partial charge is 0.375 e. The summed E-state index contributed by atoms with van der Waals surface area (Å²) >= 11 is 0. The maximum absolute atomic E-state index is 14.5. The first-order chi connectivity index (χ1) is 8.43. The lowest BCUT2D eigenvalue weighted by Crippen LogP contribution is -2.72. The van der Waals surface area contributed by atoms with Gasteiger partial charge >= 0.3 is 20.6 Å². The van der Waals surface area contributed by atoms with Crippen LogP contribution < -0.4 is 0 Å². The van der Waals surface area contributed by atoms with Crippen LogP contribution in [0, 0.1) is 0 Å². The van der Waals surface area contributed by atoms with E-state index in [1.807, 2.05) is 0 Å². The third-order valence-electron chi connectivity index (χ3n) is 2.65. The average Bonchev–Trinajstić information content (AvgIpc) is 2.26. The maximum Gasteiger partial charge on any atom is 0.546 e. The van der Waals surface area contributed by atoms with Gasteiger partial charge in [0.15, 0.2) is 0 Å². The van der Waals surface area contributed by atoms with Crippen LogP contribution in [0.5, 0.6) is 0 Å². The zero-order valence-electron chi connectivity index (χ0n) is 11.5. The second kappa shape index (κ2) is 6.02. The molecule has 0 saturated heterocycles. The SMILES string of the molecule is CCO[Si](OC)(OCC)C(C)(F)C(F)(F)C(C)(F)F. The van der Waals surface area contributed by atoms with E-state index in [-0.39, 0.29) is 20.1 Å². The molecule has 0 spiro atoms. The van der Waals surface area contributed by atoms with Crippen molar-refractivity contribution in [2.45, 2.75) is 44.8 Å². The first kappa shape index (κ1) is 18.7. The molecule has 0 radical (unpaired) electrons. The highest BCUT2D eigenvalue weighted by Gasteiger charge is 2.78. The Morgan fingerprint density at radius 2 is 1.26 bits per heavy atom. The second-order valence-electron chi connectivity index (χ2n) is 4.09. The number of halogens is 5. The average molecular weight is 310 g/mol. The third-order valence-corrected chi connectivity index (χ3v) is 5.99. The van der Waals surface area contributed by atoms with E-state index in [0.29, 0.717) is 6.92 Å². The molecular formula is C10H19F5O3Si. The van der Waals surface area contributed by atoms with Gasteiger partial charge in [-0.1, -0.05) is 0 Å². The van der Waals surface area contributed by atoms with Crippen molar-refractivity contribution in [3.63, 3.8) is 0 Å². The van der Waals surface area contributed by atoms with Crippen LogP contribution in [0.1, 0.15) is 27.7 Å². The fraction of sp³-hybridized carbons (Fsp3) is 1.00. The standard InChI is InChI=1S/C10H19F5O3Si/c1-6-17-19(16-5,18-7-2)9(4,13)10(14,15)8(3,11)12/h6-7H2,1-5H3. The van der Waals surface area contributed by atoms with Gasteiger partial charge in [0, 0.05) is 27.2 Å². The summed E-state index contributed by atoms with van der Waals surface area (Å²) in [5.41, 5.74) is 0. The third kappa shape index (κ3) is 3.09. The Kier molecular flexibility index (Phi) is 5.94. The van der Waals surface area contributed by atoms with Gasteiger partial charge in [0.25, 0.3) is 0 Å². The zero-order valence-corrected chi connectivity index (χ0v) is 12.5. The lowest BCUT2D eigenvalue weighted by atomic mass is 10.1. The van der Waals surface area contributed by atoms with Crippen LogP contribution in [-0.4, -0.2) is 46.3 Å². The molecule has 0 heterocycles. The fourth-order valence-electron chi connectivity index (χ4n) is 1.61. The minimum atomic E-state index is -4.99. The molecule has 0 aromatic carbocycles. The summed E-state index contributed by atoms with van der Waals surface area (Å²) in [6.45, 7) is 2.66. The Morgan fingerprint density at radius 1 is 0.895 bits per heavy atom. The molecule has 0 amide bonds. The van der Waals surface area contributed by atoms with Crippen LogP contribution in [-0.2, 0) is 13.3 Å². The summed E-state index contributed by atoms with van der Waals surface area (Å²) in [7, 11) is -3.74. The topological polar surface area (TPSA) is 27.7 Å². The molecule has 0 aromatic heterocycles. The number of rotatable bonds is 8. The fourth-order valence-corrected chi connectivity index (χ4v) is 4.22. The molecule has 0 N–H and O–H groups in total. The van der Waals surface area contributed by atoms with E-state index in [1.54, 1.807) is 0 Å². The van der Waals surface area contributed by atoms with E-state index in [9.17, 15) is 22.0 Å². The van der Waals surface area contributed by atoms with Crippen LogP contribution in [0.4, 0.5) is 22.0 Å². The summed E-state index contributed by atoms with van der Waals surface area (Å²) in [4.78, 5) is 0. The highest BCUT2D eigenvalue weighted by Crippen LogP contribution is 2.49. The lowest BCUT2D eigenvalue weighted by Gasteiger charge is -2.42. The van der Waals surface area contributed by atoms with Gasteiger partial charge in [0.05, 0.1) is 0 Å². The van der Waals surface area contributed by atoms with Gasteiger partial charge in [-0.25, -0.2) is 13.2 Å². The molecule has 9 heteroatoms. The van der Waals surface area contributed by atoms with Crippen molar-refractivity contribution in [3.8, 4) is 0 Å². The minimum Gasteiger partial charge on any atom is -0.375 e. The molecule has 19 heavy (non-hydrogen) atoms. The van der Waals surface area contributed by atoms with E-state index in [0.717, 1.165) is 7.11 Å². The lowest BCUT2D eigenvalue weighted by molar-refractivity contribution is -0.252. The summed E-state index contributed by atoms with van der Waals surface area (Å²) < 4.78 is 82.4. The van der Waals surface area contributed by atoms with E-state index in [1.165, 1.54) is 13.8 Å². The molecule has 0 bridgehead atoms. The second-order valence-corrected chi connectivity index (χ2v) is 7.13. The maximum atomic E-state index is 14.5. The highest BCUT2D eigenvalue weighted by atomic mass is 28.4. The van der Waals surface area contributed by atoms with E-state index in [2.05, 4.69) is 4.43 Å². The Hall–Kier alpha value is -0.253. The molecule has 3 nitrogen and oxygen atoms in total. The van der Waals surface area contributed by atoms with E-state index >= 15 is 0 Å². The monoisotopic (exact) mass is 310 g/mol. The molecule has 1 atom stereocenters. The normalized spacial score (nSPS) is 17.4. The largest absolute Gasteiger partial charge is 0.546 e. The Labute approximate surface area is 110 Å². The van der Waals surface area contributed by atoms with Crippen LogP contribution in [0.15, 0.2) is 0 Å². The number of hydrogen-bond acceptors (Lipinski definition) is 3. The van der Waals surface area contributed by atoms with Gasteiger partial charge in [-0.3, -0.25) is 0 Å². The van der Waals surface area contributed by atoms with Gasteiger partial charge in [0.1, 0.15) is 0 Å². The summed E-state index contributed by atoms with van der Waals surface area (Å²) in [5, 5.41) is -3.76. The van der Waals surface area contributed by atoms with Crippen molar-refractivity contribution >= 4 is 8.80 Å². The Balaban J connectivity index is 5.77. The molecule has 0 saturated carbocycles.